The lowest BCUT2D eigenvalue weighted by molar-refractivity contribution is -0.384. The molecular weight excluding hydrogens is 428 g/mol. The molecule has 10 heteroatoms. The van der Waals surface area contributed by atoms with Crippen molar-refractivity contribution in [2.45, 2.75) is 13.8 Å². The van der Waals surface area contributed by atoms with Gasteiger partial charge < -0.3 is 14.6 Å². The van der Waals surface area contributed by atoms with E-state index in [0.717, 1.165) is 5.56 Å². The molecule has 2 heterocycles. The molecular formula is C23H18N4O6. The standard InChI is InChI=1S/C23H18N4O6/c1-13-8-9-16(27(30)31)10-18(13)24-20(28)12-32-23(29)17-11-19(15-6-4-3-5-7-15)25-22-21(17)14(2)26-33-22/h3-11H,12H2,1-2H3,(H,24,28). The molecule has 0 bridgehead atoms. The number of carbonyl (C=O) groups is 2. The van der Waals surface area contributed by atoms with Gasteiger partial charge in [-0.25, -0.2) is 9.78 Å². The van der Waals surface area contributed by atoms with Gasteiger partial charge in [-0.15, -0.1) is 0 Å². The van der Waals surface area contributed by atoms with Crippen LogP contribution in [0, 0.1) is 24.0 Å². The van der Waals surface area contributed by atoms with Gasteiger partial charge in [-0.3, -0.25) is 14.9 Å². The molecule has 0 aliphatic rings. The molecule has 0 fully saturated rings. The van der Waals surface area contributed by atoms with E-state index in [1.54, 1.807) is 19.9 Å². The van der Waals surface area contributed by atoms with Gasteiger partial charge in [0.15, 0.2) is 6.61 Å². The first-order chi connectivity index (χ1) is 15.8. The molecule has 0 radical (unpaired) electrons. The second-order valence-corrected chi connectivity index (χ2v) is 7.25. The molecule has 4 rings (SSSR count). The zero-order valence-electron chi connectivity index (χ0n) is 17.7. The van der Waals surface area contributed by atoms with Crippen molar-refractivity contribution in [3.05, 3.63) is 81.5 Å². The van der Waals surface area contributed by atoms with Crippen LogP contribution in [0.25, 0.3) is 22.4 Å². The highest BCUT2D eigenvalue weighted by Crippen LogP contribution is 2.27. The van der Waals surface area contributed by atoms with Crippen LogP contribution in [0.1, 0.15) is 21.6 Å². The van der Waals surface area contributed by atoms with Crippen LogP contribution in [0.15, 0.2) is 59.1 Å². The number of non-ortho nitro benzene ring substituents is 1. The van der Waals surface area contributed by atoms with Crippen molar-refractivity contribution in [2.24, 2.45) is 0 Å². The maximum atomic E-state index is 12.9. The lowest BCUT2D eigenvalue weighted by Gasteiger charge is -2.10. The van der Waals surface area contributed by atoms with Crippen LogP contribution in [0.2, 0.25) is 0 Å². The Hall–Kier alpha value is -4.60. The summed E-state index contributed by atoms with van der Waals surface area (Å²) in [6.07, 6.45) is 0. The third-order valence-corrected chi connectivity index (χ3v) is 4.95. The summed E-state index contributed by atoms with van der Waals surface area (Å²) in [5, 5.41) is 17.8. The molecule has 1 amide bonds. The van der Waals surface area contributed by atoms with Gasteiger partial charge in [-0.2, -0.15) is 0 Å². The molecule has 0 saturated heterocycles. The van der Waals surface area contributed by atoms with Gasteiger partial charge in [0.25, 0.3) is 17.3 Å². The molecule has 0 aliphatic heterocycles. The number of benzene rings is 2. The predicted octanol–water partition coefficient (Wildman–Crippen LogP) is 4.21. The molecule has 0 saturated carbocycles. The second-order valence-electron chi connectivity index (χ2n) is 7.25. The van der Waals surface area contributed by atoms with Crippen LogP contribution in [0.4, 0.5) is 11.4 Å². The molecule has 0 spiro atoms. The lowest BCUT2D eigenvalue weighted by Crippen LogP contribution is -2.21. The van der Waals surface area contributed by atoms with E-state index < -0.39 is 23.4 Å². The number of nitro benzene ring substituents is 1. The predicted molar refractivity (Wildman–Crippen MR) is 119 cm³/mol. The minimum Gasteiger partial charge on any atom is -0.452 e. The number of aromatic nitrogens is 2. The topological polar surface area (TPSA) is 137 Å². The Balaban J connectivity index is 1.55. The molecule has 4 aromatic rings. The van der Waals surface area contributed by atoms with E-state index in [2.05, 4.69) is 15.5 Å². The van der Waals surface area contributed by atoms with Crippen LogP contribution in [0.3, 0.4) is 0 Å². The van der Waals surface area contributed by atoms with E-state index in [4.69, 9.17) is 9.26 Å². The number of aryl methyl sites for hydroxylation is 2. The van der Waals surface area contributed by atoms with E-state index >= 15 is 0 Å². The molecule has 0 unspecified atom stereocenters. The smallest absolute Gasteiger partial charge is 0.339 e. The Morgan fingerprint density at radius 2 is 1.88 bits per heavy atom. The van der Waals surface area contributed by atoms with Crippen molar-refractivity contribution in [3.63, 3.8) is 0 Å². The molecule has 0 atom stereocenters. The first-order valence-electron chi connectivity index (χ1n) is 9.88. The number of rotatable bonds is 6. The summed E-state index contributed by atoms with van der Waals surface area (Å²) in [6, 6.07) is 14.9. The van der Waals surface area contributed by atoms with Crippen molar-refractivity contribution in [1.82, 2.24) is 10.1 Å². The normalized spacial score (nSPS) is 10.7. The van der Waals surface area contributed by atoms with Crippen LogP contribution in [-0.2, 0) is 9.53 Å². The van der Waals surface area contributed by atoms with Gasteiger partial charge in [-0.05, 0) is 25.5 Å². The zero-order chi connectivity index (χ0) is 23.5. The van der Waals surface area contributed by atoms with Crippen molar-refractivity contribution in [1.29, 1.82) is 0 Å². The molecule has 0 aliphatic carbocycles. The Kier molecular flexibility index (Phi) is 5.81. The number of fused-ring (bicyclic) bond motifs is 1. The number of amides is 1. The van der Waals surface area contributed by atoms with E-state index in [-0.39, 0.29) is 22.7 Å². The number of nitro groups is 1. The number of hydrogen-bond donors (Lipinski definition) is 1. The van der Waals surface area contributed by atoms with Crippen molar-refractivity contribution < 1.29 is 23.8 Å². The average Bonchev–Trinajstić information content (AvgIpc) is 3.19. The Morgan fingerprint density at radius 3 is 2.61 bits per heavy atom. The molecule has 2 aromatic heterocycles. The number of esters is 1. The molecule has 1 N–H and O–H groups in total. The molecule has 33 heavy (non-hydrogen) atoms. The summed E-state index contributed by atoms with van der Waals surface area (Å²) in [6.45, 7) is 2.78. The maximum absolute atomic E-state index is 12.9. The zero-order valence-corrected chi connectivity index (χ0v) is 17.7. The SMILES string of the molecule is Cc1ccc([N+](=O)[O-])cc1NC(=O)COC(=O)c1cc(-c2ccccc2)nc2onc(C)c12. The van der Waals surface area contributed by atoms with Crippen LogP contribution < -0.4 is 5.32 Å². The van der Waals surface area contributed by atoms with Gasteiger partial charge in [0.05, 0.1) is 32.9 Å². The number of anilines is 1. The third kappa shape index (κ3) is 4.54. The average molecular weight is 446 g/mol. The number of pyridine rings is 1. The first-order valence-corrected chi connectivity index (χ1v) is 9.88. The monoisotopic (exact) mass is 446 g/mol. The molecule has 10 nitrogen and oxygen atoms in total. The van der Waals surface area contributed by atoms with Gasteiger partial charge >= 0.3 is 5.97 Å². The Labute approximate surface area is 187 Å². The van der Waals surface area contributed by atoms with Gasteiger partial charge in [0.1, 0.15) is 0 Å². The quantitative estimate of drug-likeness (QED) is 0.264. The minimum atomic E-state index is -0.753. The summed E-state index contributed by atoms with van der Waals surface area (Å²) in [5.74, 6) is -1.39. The third-order valence-electron chi connectivity index (χ3n) is 4.95. The minimum absolute atomic E-state index is 0.163. The highest BCUT2D eigenvalue weighted by atomic mass is 16.6. The fourth-order valence-electron chi connectivity index (χ4n) is 3.27. The number of nitrogens with one attached hydrogen (secondary N) is 1. The highest BCUT2D eigenvalue weighted by molar-refractivity contribution is 6.05. The fraction of sp³-hybridized carbons (Fsp3) is 0.130. The van der Waals surface area contributed by atoms with Gasteiger partial charge in [-0.1, -0.05) is 41.6 Å². The highest BCUT2D eigenvalue weighted by Gasteiger charge is 2.21. The van der Waals surface area contributed by atoms with Crippen LogP contribution >= 0.6 is 0 Å². The van der Waals surface area contributed by atoms with Gasteiger partial charge in [0, 0.05) is 17.7 Å². The summed E-state index contributed by atoms with van der Waals surface area (Å²) in [4.78, 5) is 40.1. The lowest BCUT2D eigenvalue weighted by atomic mass is 10.1. The fourth-order valence-corrected chi connectivity index (χ4v) is 3.27. The van der Waals surface area contributed by atoms with E-state index in [1.165, 1.54) is 18.2 Å². The number of hydrogen-bond acceptors (Lipinski definition) is 8. The molecule has 166 valence electrons. The van der Waals surface area contributed by atoms with E-state index in [0.29, 0.717) is 22.3 Å². The largest absolute Gasteiger partial charge is 0.452 e. The number of ether oxygens (including phenoxy) is 1. The number of carbonyl (C=O) groups excluding carboxylic acids is 2. The summed E-state index contributed by atoms with van der Waals surface area (Å²) < 4.78 is 10.5. The van der Waals surface area contributed by atoms with Crippen molar-refractivity contribution in [2.75, 3.05) is 11.9 Å². The number of nitrogens with zero attached hydrogens (tertiary/aromatic N) is 3. The van der Waals surface area contributed by atoms with Crippen molar-refractivity contribution >= 4 is 34.4 Å². The van der Waals surface area contributed by atoms with E-state index in [9.17, 15) is 19.7 Å². The molecule has 2 aromatic carbocycles. The maximum Gasteiger partial charge on any atom is 0.339 e. The Bertz CT molecular complexity index is 1380. The van der Waals surface area contributed by atoms with Crippen LogP contribution in [0.5, 0.6) is 0 Å². The van der Waals surface area contributed by atoms with Crippen molar-refractivity contribution in [3.8, 4) is 11.3 Å². The second kappa shape index (κ2) is 8.87. The summed E-state index contributed by atoms with van der Waals surface area (Å²) in [5.41, 5.74) is 2.78. The van der Waals surface area contributed by atoms with Gasteiger partial charge in [0.2, 0.25) is 0 Å². The summed E-state index contributed by atoms with van der Waals surface area (Å²) in [7, 11) is 0. The summed E-state index contributed by atoms with van der Waals surface area (Å²) >= 11 is 0. The first kappa shape index (κ1) is 21.6. The van der Waals surface area contributed by atoms with E-state index in [1.807, 2.05) is 30.3 Å². The Morgan fingerprint density at radius 1 is 1.12 bits per heavy atom. The van der Waals surface area contributed by atoms with Crippen LogP contribution in [-0.4, -0.2) is 33.5 Å².